The molecule has 9 nitrogen and oxygen atoms in total. The molecule has 164 valence electrons. The summed E-state index contributed by atoms with van der Waals surface area (Å²) in [5.41, 5.74) is 6.12. The number of nitrogens with zero attached hydrogens (tertiary/aromatic N) is 2. The second-order valence-corrected chi connectivity index (χ2v) is 7.02. The van der Waals surface area contributed by atoms with Gasteiger partial charge in [-0.05, 0) is 24.6 Å². The molecule has 2 amide bonds. The fourth-order valence-corrected chi connectivity index (χ4v) is 3.45. The van der Waals surface area contributed by atoms with Crippen LogP contribution >= 0.6 is 0 Å². The van der Waals surface area contributed by atoms with E-state index in [-0.39, 0.29) is 11.4 Å². The summed E-state index contributed by atoms with van der Waals surface area (Å²) >= 11 is 0. The maximum absolute atomic E-state index is 12.4. The Kier molecular flexibility index (Phi) is 6.63. The van der Waals surface area contributed by atoms with Gasteiger partial charge in [-0.25, -0.2) is 4.98 Å². The number of nitrogens with two attached hydrogens (primary N) is 1. The largest absolute Gasteiger partial charge is 0.491 e. The zero-order chi connectivity index (χ0) is 22.6. The molecule has 1 atom stereocenters. The summed E-state index contributed by atoms with van der Waals surface area (Å²) < 4.78 is 18.3. The van der Waals surface area contributed by atoms with Gasteiger partial charge in [0.05, 0.1) is 18.7 Å². The third kappa shape index (κ3) is 4.26. The summed E-state index contributed by atoms with van der Waals surface area (Å²) in [5.74, 6) is 6.08. The molecule has 0 saturated heterocycles. The molecule has 1 aromatic heterocycles. The smallest absolute Gasteiger partial charge is 0.270 e. The van der Waals surface area contributed by atoms with Gasteiger partial charge >= 0.3 is 0 Å². The SMILES string of the molecule is CCC(C#Cc1ccc2c(c1)-c1nc(C(N)=O)c(C(=O)NC)n1CCO2)(COC)OC. The number of methoxy groups -OCH3 is 2. The highest BCUT2D eigenvalue weighted by Gasteiger charge is 2.29. The summed E-state index contributed by atoms with van der Waals surface area (Å²) in [6.07, 6.45) is 0.653. The summed E-state index contributed by atoms with van der Waals surface area (Å²) in [6, 6.07) is 5.44. The molecular weight excluding hydrogens is 400 g/mol. The fourth-order valence-electron chi connectivity index (χ4n) is 3.45. The number of carbonyl (C=O) groups excluding carboxylic acids is 2. The van der Waals surface area contributed by atoms with Crippen LogP contribution in [0.2, 0.25) is 0 Å². The first-order valence-corrected chi connectivity index (χ1v) is 9.86. The van der Waals surface area contributed by atoms with E-state index in [1.54, 1.807) is 24.9 Å². The highest BCUT2D eigenvalue weighted by atomic mass is 16.5. The van der Waals surface area contributed by atoms with Gasteiger partial charge in [0.2, 0.25) is 0 Å². The van der Waals surface area contributed by atoms with Crippen LogP contribution in [0.4, 0.5) is 0 Å². The number of benzene rings is 1. The number of carbonyl (C=O) groups is 2. The third-order valence-electron chi connectivity index (χ3n) is 5.21. The normalized spacial score (nSPS) is 14.1. The van der Waals surface area contributed by atoms with Gasteiger partial charge in [-0.2, -0.15) is 0 Å². The molecule has 3 N–H and O–H groups in total. The number of fused-ring (bicyclic) bond motifs is 3. The van der Waals surface area contributed by atoms with Crippen molar-refractivity contribution >= 4 is 11.8 Å². The molecule has 0 bridgehead atoms. The lowest BCUT2D eigenvalue weighted by molar-refractivity contribution is -0.0241. The zero-order valence-electron chi connectivity index (χ0n) is 18.1. The number of amides is 2. The van der Waals surface area contributed by atoms with Crippen LogP contribution < -0.4 is 15.8 Å². The minimum Gasteiger partial charge on any atom is -0.491 e. The van der Waals surface area contributed by atoms with Crippen LogP contribution in [0.25, 0.3) is 11.4 Å². The van der Waals surface area contributed by atoms with Crippen LogP contribution in [0.15, 0.2) is 18.2 Å². The Labute approximate surface area is 180 Å². The highest BCUT2D eigenvalue weighted by molar-refractivity contribution is 6.05. The molecule has 1 aliphatic heterocycles. The van der Waals surface area contributed by atoms with Gasteiger partial charge in [0.15, 0.2) is 11.3 Å². The van der Waals surface area contributed by atoms with Crippen LogP contribution in [0.5, 0.6) is 5.75 Å². The number of hydrogen-bond acceptors (Lipinski definition) is 6. The Hall–Kier alpha value is -3.35. The Morgan fingerprint density at radius 3 is 2.77 bits per heavy atom. The van der Waals surface area contributed by atoms with Crippen molar-refractivity contribution in [3.05, 3.63) is 35.2 Å². The van der Waals surface area contributed by atoms with Crippen molar-refractivity contribution in [3.8, 4) is 29.0 Å². The van der Waals surface area contributed by atoms with Crippen molar-refractivity contribution in [3.63, 3.8) is 0 Å². The number of rotatable bonds is 6. The van der Waals surface area contributed by atoms with E-state index in [1.165, 1.54) is 7.05 Å². The number of ether oxygens (including phenoxy) is 3. The topological polar surface area (TPSA) is 118 Å². The number of nitrogens with one attached hydrogen (secondary N) is 1. The quantitative estimate of drug-likeness (QED) is 0.670. The van der Waals surface area contributed by atoms with Crippen molar-refractivity contribution in [1.29, 1.82) is 0 Å². The highest BCUT2D eigenvalue weighted by Crippen LogP contribution is 2.34. The van der Waals surface area contributed by atoms with Crippen LogP contribution in [-0.2, 0) is 16.0 Å². The minimum absolute atomic E-state index is 0.0804. The predicted octanol–water partition coefficient (Wildman–Crippen LogP) is 1.19. The first-order chi connectivity index (χ1) is 14.9. The van der Waals surface area contributed by atoms with E-state index >= 15 is 0 Å². The Morgan fingerprint density at radius 1 is 1.39 bits per heavy atom. The van der Waals surface area contributed by atoms with Gasteiger partial charge < -0.3 is 29.8 Å². The molecule has 0 aliphatic carbocycles. The Bertz CT molecular complexity index is 1060. The minimum atomic E-state index is -0.773. The molecule has 0 fully saturated rings. The average Bonchev–Trinajstić information content (AvgIpc) is 3.07. The van der Waals surface area contributed by atoms with E-state index in [2.05, 4.69) is 22.1 Å². The average molecular weight is 426 g/mol. The van der Waals surface area contributed by atoms with Gasteiger partial charge in [0.1, 0.15) is 23.9 Å². The van der Waals surface area contributed by atoms with E-state index in [9.17, 15) is 9.59 Å². The Morgan fingerprint density at radius 2 is 2.16 bits per heavy atom. The molecule has 2 aromatic rings. The fraction of sp³-hybridized carbons (Fsp3) is 0.409. The van der Waals surface area contributed by atoms with Gasteiger partial charge in [-0.15, -0.1) is 0 Å². The number of primary amides is 1. The van der Waals surface area contributed by atoms with E-state index in [1.807, 2.05) is 19.1 Å². The second-order valence-electron chi connectivity index (χ2n) is 7.02. The molecule has 1 aromatic carbocycles. The molecular formula is C22H26N4O5. The van der Waals surface area contributed by atoms with Gasteiger partial charge in [-0.1, -0.05) is 18.8 Å². The predicted molar refractivity (Wildman–Crippen MR) is 114 cm³/mol. The van der Waals surface area contributed by atoms with Crippen molar-refractivity contribution in [2.24, 2.45) is 5.73 Å². The van der Waals surface area contributed by atoms with Gasteiger partial charge in [0.25, 0.3) is 11.8 Å². The summed E-state index contributed by atoms with van der Waals surface area (Å²) in [4.78, 5) is 28.8. The maximum Gasteiger partial charge on any atom is 0.270 e. The molecule has 1 unspecified atom stereocenters. The maximum atomic E-state index is 12.4. The van der Waals surface area contributed by atoms with E-state index in [0.29, 0.717) is 48.9 Å². The van der Waals surface area contributed by atoms with Crippen LogP contribution in [-0.4, -0.2) is 61.4 Å². The lowest BCUT2D eigenvalue weighted by Gasteiger charge is -2.24. The molecule has 31 heavy (non-hydrogen) atoms. The molecule has 3 rings (SSSR count). The van der Waals surface area contributed by atoms with Crippen LogP contribution in [0, 0.1) is 11.8 Å². The van der Waals surface area contributed by atoms with Gasteiger partial charge in [-0.3, -0.25) is 9.59 Å². The number of imidazole rings is 1. The first kappa shape index (κ1) is 22.3. The summed E-state index contributed by atoms with van der Waals surface area (Å²) in [6.45, 7) is 2.96. The van der Waals surface area contributed by atoms with Crippen molar-refractivity contribution in [2.45, 2.75) is 25.5 Å². The van der Waals surface area contributed by atoms with Crippen LogP contribution in [0.3, 0.4) is 0 Å². The van der Waals surface area contributed by atoms with Crippen molar-refractivity contribution in [1.82, 2.24) is 14.9 Å². The number of aromatic nitrogens is 2. The lowest BCUT2D eigenvalue weighted by atomic mass is 10.0. The molecule has 0 radical (unpaired) electrons. The standard InChI is InChI=1S/C22H26N4O5/c1-5-22(30-4,13-29-3)9-8-14-6-7-16-15(12-14)20-25-17(19(23)27)18(21(28)24-2)26(20)10-11-31-16/h6-7,12H,5,10-11,13H2,1-4H3,(H2,23,27)(H,24,28). The molecule has 1 aliphatic rings. The van der Waals surface area contributed by atoms with E-state index in [4.69, 9.17) is 19.9 Å². The summed E-state index contributed by atoms with van der Waals surface area (Å²) in [5, 5.41) is 2.53. The zero-order valence-corrected chi connectivity index (χ0v) is 18.1. The Balaban J connectivity index is 2.14. The van der Waals surface area contributed by atoms with Crippen molar-refractivity contribution < 1.29 is 23.8 Å². The van der Waals surface area contributed by atoms with Crippen molar-refractivity contribution in [2.75, 3.05) is 34.5 Å². The van der Waals surface area contributed by atoms with Crippen LogP contribution in [0.1, 0.15) is 39.9 Å². The van der Waals surface area contributed by atoms with Gasteiger partial charge in [0, 0.05) is 26.8 Å². The first-order valence-electron chi connectivity index (χ1n) is 9.86. The monoisotopic (exact) mass is 426 g/mol. The molecule has 2 heterocycles. The van der Waals surface area contributed by atoms with E-state index < -0.39 is 17.4 Å². The second kappa shape index (κ2) is 9.20. The molecule has 0 spiro atoms. The summed E-state index contributed by atoms with van der Waals surface area (Å²) in [7, 11) is 4.69. The number of hydrogen-bond donors (Lipinski definition) is 2. The van der Waals surface area contributed by atoms with E-state index in [0.717, 1.165) is 0 Å². The third-order valence-corrected chi connectivity index (χ3v) is 5.21. The molecule has 0 saturated carbocycles. The lowest BCUT2D eigenvalue weighted by Crippen LogP contribution is -2.34. The molecule has 9 heteroatoms.